The zero-order valence-electron chi connectivity index (χ0n) is 22.9. The molecule has 1 saturated heterocycles. The molecular formula is C31H34N5NaO3S. The molecule has 0 atom stereocenters. The van der Waals surface area contributed by atoms with Crippen molar-refractivity contribution in [2.24, 2.45) is 0 Å². The number of thiazole rings is 1. The number of aromatic nitrogens is 1. The van der Waals surface area contributed by atoms with Crippen molar-refractivity contribution in [1.82, 2.24) is 9.88 Å². The summed E-state index contributed by atoms with van der Waals surface area (Å²) in [5, 5.41) is 15.0. The van der Waals surface area contributed by atoms with E-state index < -0.39 is 5.97 Å². The van der Waals surface area contributed by atoms with Crippen LogP contribution < -0.4 is 15.1 Å². The zero-order chi connectivity index (χ0) is 28.2. The second kappa shape index (κ2) is 13.6. The van der Waals surface area contributed by atoms with E-state index in [4.69, 9.17) is 4.98 Å². The van der Waals surface area contributed by atoms with Crippen LogP contribution >= 0.6 is 11.3 Å². The van der Waals surface area contributed by atoms with E-state index in [0.29, 0.717) is 5.56 Å². The number of carbonyl (C=O) groups excluding carboxylic acids is 1. The monoisotopic (exact) mass is 579 g/mol. The van der Waals surface area contributed by atoms with E-state index >= 15 is 0 Å². The minimum atomic E-state index is -0.946. The first-order chi connectivity index (χ1) is 19.3. The summed E-state index contributed by atoms with van der Waals surface area (Å²) in [5.41, 5.74) is 5.40. The maximum atomic E-state index is 12.9. The summed E-state index contributed by atoms with van der Waals surface area (Å²) in [6.07, 6.45) is 0. The Morgan fingerprint density at radius 1 is 0.902 bits per heavy atom. The Morgan fingerprint density at radius 3 is 2.10 bits per heavy atom. The molecule has 1 amide bonds. The van der Waals surface area contributed by atoms with Gasteiger partial charge in [-0.2, -0.15) is 0 Å². The molecule has 2 N–H and O–H groups in total. The molecule has 3 aromatic carbocycles. The third kappa shape index (κ3) is 7.36. The van der Waals surface area contributed by atoms with Crippen LogP contribution in [0.5, 0.6) is 0 Å². The topological polar surface area (TPSA) is 89.0 Å². The molecule has 4 aromatic rings. The number of hydrogen-bond donors (Lipinski definition) is 2. The molecule has 208 valence electrons. The molecule has 1 aliphatic rings. The fraction of sp³-hybridized carbons (Fsp3) is 0.258. The first-order valence-electron chi connectivity index (χ1n) is 13.3. The van der Waals surface area contributed by atoms with Crippen LogP contribution in [0.25, 0.3) is 11.3 Å². The summed E-state index contributed by atoms with van der Waals surface area (Å²) in [5.74, 6) is -1.09. The Bertz CT molecular complexity index is 1470. The van der Waals surface area contributed by atoms with E-state index in [9.17, 15) is 14.7 Å². The molecule has 41 heavy (non-hydrogen) atoms. The molecule has 1 aromatic heterocycles. The Morgan fingerprint density at radius 2 is 1.51 bits per heavy atom. The van der Waals surface area contributed by atoms with Crippen LogP contribution in [0.4, 0.5) is 22.2 Å². The minimum absolute atomic E-state index is 0. The van der Waals surface area contributed by atoms with Gasteiger partial charge in [0.25, 0.3) is 5.91 Å². The second-order valence-corrected chi connectivity index (χ2v) is 11.0. The molecule has 10 heteroatoms. The number of carboxylic acids is 1. The van der Waals surface area contributed by atoms with E-state index in [1.165, 1.54) is 11.3 Å². The number of amides is 1. The Hall–Kier alpha value is -3.21. The number of nitrogens with one attached hydrogen (secondary N) is 1. The number of rotatable bonds is 8. The quantitative estimate of drug-likeness (QED) is 0.270. The van der Waals surface area contributed by atoms with Gasteiger partial charge in [0.2, 0.25) is 0 Å². The predicted octanol–water partition coefficient (Wildman–Crippen LogP) is 5.41. The van der Waals surface area contributed by atoms with Crippen molar-refractivity contribution in [2.45, 2.75) is 19.9 Å². The van der Waals surface area contributed by atoms with Crippen molar-refractivity contribution < 1.29 is 14.7 Å². The average molecular weight is 580 g/mol. The van der Waals surface area contributed by atoms with Crippen molar-refractivity contribution in [3.63, 3.8) is 0 Å². The third-order valence-corrected chi connectivity index (χ3v) is 7.88. The Balaban J connectivity index is 0.00000387. The van der Waals surface area contributed by atoms with Crippen LogP contribution in [-0.2, 0) is 0 Å². The third-order valence-electron chi connectivity index (χ3n) is 7.04. The van der Waals surface area contributed by atoms with Crippen LogP contribution in [0, 0.1) is 0 Å². The number of likely N-dealkylation sites (N-methyl/N-ethyl adjacent to an activating group) is 1. The molecule has 0 aliphatic carbocycles. The van der Waals surface area contributed by atoms with Crippen molar-refractivity contribution in [2.75, 3.05) is 48.3 Å². The van der Waals surface area contributed by atoms with E-state index in [0.717, 1.165) is 59.6 Å². The molecule has 1 fully saturated rings. The molecule has 0 radical (unpaired) electrons. The molecule has 0 unspecified atom stereocenters. The van der Waals surface area contributed by atoms with Crippen LogP contribution in [0.15, 0.2) is 78.2 Å². The average Bonchev–Trinajstić information content (AvgIpc) is 3.43. The second-order valence-electron chi connectivity index (χ2n) is 10.2. The van der Waals surface area contributed by atoms with E-state index in [2.05, 4.69) is 40.9 Å². The molecule has 0 saturated carbocycles. The van der Waals surface area contributed by atoms with Gasteiger partial charge in [0.05, 0.1) is 11.3 Å². The van der Waals surface area contributed by atoms with E-state index in [1.807, 2.05) is 66.0 Å². The fourth-order valence-corrected chi connectivity index (χ4v) is 5.70. The number of nitrogens with zero attached hydrogens (tertiary/aromatic N) is 4. The summed E-state index contributed by atoms with van der Waals surface area (Å²) in [7, 11) is 2.14. The molecule has 5 rings (SSSR count). The van der Waals surface area contributed by atoms with Crippen LogP contribution in [-0.4, -0.2) is 95.7 Å². The molecule has 2 heterocycles. The molecular weight excluding hydrogens is 545 g/mol. The normalized spacial score (nSPS) is 13.5. The first-order valence-corrected chi connectivity index (χ1v) is 14.2. The van der Waals surface area contributed by atoms with Crippen molar-refractivity contribution >= 4 is 75.0 Å². The maximum absolute atomic E-state index is 12.9. The van der Waals surface area contributed by atoms with Gasteiger partial charge in [-0.1, -0.05) is 12.1 Å². The van der Waals surface area contributed by atoms with Crippen molar-refractivity contribution in [3.05, 3.63) is 89.3 Å². The van der Waals surface area contributed by atoms with Gasteiger partial charge in [0.15, 0.2) is 5.13 Å². The van der Waals surface area contributed by atoms with Gasteiger partial charge >= 0.3 is 35.5 Å². The van der Waals surface area contributed by atoms with Crippen LogP contribution in [0.2, 0.25) is 0 Å². The summed E-state index contributed by atoms with van der Waals surface area (Å²) in [6, 6.07) is 22.4. The van der Waals surface area contributed by atoms with Gasteiger partial charge < -0.3 is 25.1 Å². The Kier molecular flexibility index (Phi) is 10.2. The molecule has 0 spiro atoms. The predicted molar refractivity (Wildman–Crippen MR) is 169 cm³/mol. The van der Waals surface area contributed by atoms with Gasteiger partial charge in [0, 0.05) is 65.8 Å². The van der Waals surface area contributed by atoms with Gasteiger partial charge in [0.1, 0.15) is 0 Å². The number of carbonyl (C=O) groups is 2. The number of carboxylic acid groups (broad SMARTS) is 1. The summed E-state index contributed by atoms with van der Waals surface area (Å²) in [6.45, 7) is 8.21. The number of anilines is 4. The van der Waals surface area contributed by atoms with Crippen LogP contribution in [0.1, 0.15) is 34.6 Å². The van der Waals surface area contributed by atoms with E-state index in [1.54, 1.807) is 12.1 Å². The summed E-state index contributed by atoms with van der Waals surface area (Å²) < 4.78 is 0. The first kappa shape index (κ1) is 30.7. The van der Waals surface area contributed by atoms with Crippen molar-refractivity contribution in [1.29, 1.82) is 0 Å². The molecule has 1 aliphatic heterocycles. The molecule has 0 bridgehead atoms. The number of aromatic carboxylic acids is 1. The van der Waals surface area contributed by atoms with E-state index in [-0.39, 0.29) is 47.1 Å². The van der Waals surface area contributed by atoms with Crippen molar-refractivity contribution in [3.8, 4) is 11.3 Å². The van der Waals surface area contributed by atoms with Gasteiger partial charge in [-0.25, -0.2) is 9.78 Å². The Labute approximate surface area is 266 Å². The molecule has 8 nitrogen and oxygen atoms in total. The number of piperazine rings is 1. The number of hydrogen-bond acceptors (Lipinski definition) is 7. The number of benzene rings is 3. The standard InChI is InChI=1S/C31H33N5O3S.Na.H/c1-21(2)36(27-14-8-24(9-15-27)30(38)39)31-33-28(20-40-31)22-4-10-25(11-5-22)32-29(37)23-6-12-26(13-7-23)35-18-16-34(3)17-19-35;;/h4-15,20-21H,16-19H2,1-3H3,(H,32,37)(H,38,39);;. The zero-order valence-corrected chi connectivity index (χ0v) is 23.7. The SMILES string of the molecule is CC(C)N(c1ccc(C(=O)O)cc1)c1nc(-c2ccc(NC(=O)c3ccc(N4CCN(C)CC4)cc3)cc2)cs1.[NaH]. The van der Waals surface area contributed by atoms with Crippen LogP contribution in [0.3, 0.4) is 0 Å². The van der Waals surface area contributed by atoms with Gasteiger partial charge in [-0.05, 0) is 81.6 Å². The van der Waals surface area contributed by atoms with Gasteiger partial charge in [-0.3, -0.25) is 4.79 Å². The fourth-order valence-electron chi connectivity index (χ4n) is 4.72. The van der Waals surface area contributed by atoms with Gasteiger partial charge in [-0.15, -0.1) is 11.3 Å². The summed E-state index contributed by atoms with van der Waals surface area (Å²) >= 11 is 1.53. The summed E-state index contributed by atoms with van der Waals surface area (Å²) in [4.78, 5) is 35.7.